The van der Waals surface area contributed by atoms with Crippen LogP contribution in [-0.4, -0.2) is 18.2 Å². The maximum Gasteiger partial charge on any atom is 0.338 e. The van der Waals surface area contributed by atoms with Crippen molar-refractivity contribution in [3.8, 4) is 22.6 Å². The maximum absolute atomic E-state index is 13.6. The molecular formula is C21H17FO4. The summed E-state index contributed by atoms with van der Waals surface area (Å²) in [5.41, 5.74) is 2.79. The molecule has 0 spiro atoms. The average molecular weight is 352 g/mol. The van der Waals surface area contributed by atoms with Crippen molar-refractivity contribution >= 4 is 5.97 Å². The second kappa shape index (κ2) is 7.70. The summed E-state index contributed by atoms with van der Waals surface area (Å²) < 4.78 is 23.7. The predicted molar refractivity (Wildman–Crippen MR) is 95.6 cm³/mol. The molecule has 132 valence electrons. The van der Waals surface area contributed by atoms with E-state index in [-0.39, 0.29) is 18.1 Å². The minimum atomic E-state index is -0.501. The Balaban J connectivity index is 1.64. The molecule has 4 nitrogen and oxygen atoms in total. The van der Waals surface area contributed by atoms with Gasteiger partial charge in [0.05, 0.1) is 12.7 Å². The second-order valence-electron chi connectivity index (χ2n) is 5.67. The molecule has 0 heterocycles. The molecule has 5 heteroatoms. The summed E-state index contributed by atoms with van der Waals surface area (Å²) >= 11 is 0. The summed E-state index contributed by atoms with van der Waals surface area (Å²) in [6.07, 6.45) is 0. The van der Waals surface area contributed by atoms with Gasteiger partial charge in [-0.25, -0.2) is 9.18 Å². The Bertz CT molecular complexity index is 902. The number of aromatic hydroxyl groups is 1. The number of halogens is 1. The first kappa shape index (κ1) is 17.5. The third kappa shape index (κ3) is 4.00. The van der Waals surface area contributed by atoms with E-state index in [0.29, 0.717) is 11.1 Å². The minimum absolute atomic E-state index is 0.0283. The lowest BCUT2D eigenvalue weighted by molar-refractivity contribution is 0.0472. The lowest BCUT2D eigenvalue weighted by Crippen LogP contribution is -2.05. The number of hydrogen-bond acceptors (Lipinski definition) is 4. The van der Waals surface area contributed by atoms with Crippen LogP contribution in [0.15, 0.2) is 66.7 Å². The third-order valence-corrected chi connectivity index (χ3v) is 3.91. The van der Waals surface area contributed by atoms with Gasteiger partial charge in [0.2, 0.25) is 0 Å². The molecule has 0 aliphatic carbocycles. The molecule has 0 fully saturated rings. The minimum Gasteiger partial charge on any atom is -0.508 e. The highest BCUT2D eigenvalue weighted by Crippen LogP contribution is 2.23. The lowest BCUT2D eigenvalue weighted by atomic mass is 10.0. The van der Waals surface area contributed by atoms with Crippen LogP contribution >= 0.6 is 0 Å². The van der Waals surface area contributed by atoms with Gasteiger partial charge in [0, 0.05) is 0 Å². The summed E-state index contributed by atoms with van der Waals surface area (Å²) in [5, 5.41) is 9.33. The predicted octanol–water partition coefficient (Wildman–Crippen LogP) is 4.56. The fourth-order valence-corrected chi connectivity index (χ4v) is 2.48. The van der Waals surface area contributed by atoms with Crippen LogP contribution in [0.3, 0.4) is 0 Å². The molecule has 0 aliphatic heterocycles. The monoisotopic (exact) mass is 352 g/mol. The van der Waals surface area contributed by atoms with E-state index in [1.165, 1.54) is 19.2 Å². The topological polar surface area (TPSA) is 55.8 Å². The highest BCUT2D eigenvalue weighted by molar-refractivity contribution is 5.90. The summed E-state index contributed by atoms with van der Waals surface area (Å²) in [7, 11) is 1.39. The van der Waals surface area contributed by atoms with Crippen LogP contribution in [0, 0.1) is 5.82 Å². The number of rotatable bonds is 5. The van der Waals surface area contributed by atoms with Crippen molar-refractivity contribution in [2.45, 2.75) is 6.61 Å². The van der Waals surface area contributed by atoms with Crippen molar-refractivity contribution in [2.24, 2.45) is 0 Å². The quantitative estimate of drug-likeness (QED) is 0.684. The number of benzene rings is 3. The Morgan fingerprint density at radius 3 is 2.15 bits per heavy atom. The van der Waals surface area contributed by atoms with Crippen LogP contribution in [0.25, 0.3) is 11.1 Å². The van der Waals surface area contributed by atoms with Crippen LogP contribution in [0.2, 0.25) is 0 Å². The third-order valence-electron chi connectivity index (χ3n) is 3.91. The van der Waals surface area contributed by atoms with E-state index in [4.69, 9.17) is 9.47 Å². The zero-order valence-electron chi connectivity index (χ0n) is 14.1. The molecule has 3 aromatic carbocycles. The van der Waals surface area contributed by atoms with E-state index in [0.717, 1.165) is 11.1 Å². The zero-order chi connectivity index (χ0) is 18.5. The summed E-state index contributed by atoms with van der Waals surface area (Å²) in [4.78, 5) is 12.1. The van der Waals surface area contributed by atoms with Crippen LogP contribution in [0.4, 0.5) is 4.39 Å². The number of ether oxygens (including phenoxy) is 2. The molecule has 0 radical (unpaired) electrons. The van der Waals surface area contributed by atoms with Crippen LogP contribution < -0.4 is 4.74 Å². The standard InChI is InChI=1S/C21H17FO4/c1-25-20-11-2-14(12-19(20)22)13-26-21(24)17-5-3-15(4-6-17)16-7-9-18(23)10-8-16/h2-12,23H,13H2,1H3. The number of carbonyl (C=O) groups is 1. The van der Waals surface area contributed by atoms with Crippen LogP contribution in [0.1, 0.15) is 15.9 Å². The molecule has 0 bridgehead atoms. The highest BCUT2D eigenvalue weighted by atomic mass is 19.1. The normalized spacial score (nSPS) is 10.4. The zero-order valence-corrected chi connectivity index (χ0v) is 14.1. The second-order valence-corrected chi connectivity index (χ2v) is 5.67. The Morgan fingerprint density at radius 1 is 0.962 bits per heavy atom. The number of methoxy groups -OCH3 is 1. The maximum atomic E-state index is 13.6. The molecule has 0 saturated heterocycles. The molecule has 0 amide bonds. The van der Waals surface area contributed by atoms with Gasteiger partial charge in [-0.05, 0) is 53.1 Å². The van der Waals surface area contributed by atoms with Gasteiger partial charge in [-0.15, -0.1) is 0 Å². The fraction of sp³-hybridized carbons (Fsp3) is 0.0952. The van der Waals surface area contributed by atoms with Gasteiger partial charge >= 0.3 is 5.97 Å². The Morgan fingerprint density at radius 2 is 1.58 bits per heavy atom. The first-order valence-corrected chi connectivity index (χ1v) is 7.96. The van der Waals surface area contributed by atoms with Gasteiger partial charge in [-0.2, -0.15) is 0 Å². The highest BCUT2D eigenvalue weighted by Gasteiger charge is 2.09. The molecule has 26 heavy (non-hydrogen) atoms. The van der Waals surface area contributed by atoms with Gasteiger partial charge < -0.3 is 14.6 Å². The van der Waals surface area contributed by atoms with Crippen molar-refractivity contribution in [1.29, 1.82) is 0 Å². The molecular weight excluding hydrogens is 335 g/mol. The van der Waals surface area contributed by atoms with E-state index in [1.54, 1.807) is 54.6 Å². The van der Waals surface area contributed by atoms with Crippen molar-refractivity contribution < 1.29 is 23.8 Å². The van der Waals surface area contributed by atoms with Gasteiger partial charge in [-0.3, -0.25) is 0 Å². The number of hydrogen-bond donors (Lipinski definition) is 1. The van der Waals surface area contributed by atoms with E-state index >= 15 is 0 Å². The van der Waals surface area contributed by atoms with Crippen LogP contribution in [-0.2, 0) is 11.3 Å². The molecule has 0 atom stereocenters. The van der Waals surface area contributed by atoms with Gasteiger partial charge in [0.1, 0.15) is 12.4 Å². The Kier molecular flexibility index (Phi) is 5.17. The molecule has 1 N–H and O–H groups in total. The first-order valence-electron chi connectivity index (χ1n) is 7.96. The average Bonchev–Trinajstić information content (AvgIpc) is 2.67. The smallest absolute Gasteiger partial charge is 0.338 e. The lowest BCUT2D eigenvalue weighted by Gasteiger charge is -2.08. The molecule has 0 aromatic heterocycles. The van der Waals surface area contributed by atoms with E-state index in [9.17, 15) is 14.3 Å². The van der Waals surface area contributed by atoms with Crippen molar-refractivity contribution in [2.75, 3.05) is 7.11 Å². The van der Waals surface area contributed by atoms with Crippen molar-refractivity contribution in [3.63, 3.8) is 0 Å². The number of phenols is 1. The summed E-state index contributed by atoms with van der Waals surface area (Å²) in [6, 6.07) is 18.1. The van der Waals surface area contributed by atoms with Gasteiger partial charge in [0.25, 0.3) is 0 Å². The fourth-order valence-electron chi connectivity index (χ4n) is 2.48. The Hall–Kier alpha value is -3.34. The van der Waals surface area contributed by atoms with E-state index < -0.39 is 11.8 Å². The Labute approximate surface area is 150 Å². The number of carbonyl (C=O) groups excluding carboxylic acids is 1. The number of esters is 1. The molecule has 3 rings (SSSR count). The summed E-state index contributed by atoms with van der Waals surface area (Å²) in [6.45, 7) is -0.0283. The number of phenolic OH excluding ortho intramolecular Hbond substituents is 1. The molecule has 3 aromatic rings. The van der Waals surface area contributed by atoms with Crippen molar-refractivity contribution in [3.05, 3.63) is 83.7 Å². The largest absolute Gasteiger partial charge is 0.508 e. The SMILES string of the molecule is COc1ccc(COC(=O)c2ccc(-c3ccc(O)cc3)cc2)cc1F. The molecule has 0 unspecified atom stereocenters. The van der Waals surface area contributed by atoms with Crippen LogP contribution in [0.5, 0.6) is 11.5 Å². The van der Waals surface area contributed by atoms with Gasteiger partial charge in [0.15, 0.2) is 11.6 Å². The van der Waals surface area contributed by atoms with E-state index in [1.807, 2.05) is 0 Å². The first-order chi connectivity index (χ1) is 12.6. The molecule has 0 aliphatic rings. The van der Waals surface area contributed by atoms with E-state index in [2.05, 4.69) is 0 Å². The summed E-state index contributed by atoms with van der Waals surface area (Å²) in [5.74, 6) is -0.647. The van der Waals surface area contributed by atoms with Crippen molar-refractivity contribution in [1.82, 2.24) is 0 Å². The molecule has 0 saturated carbocycles. The van der Waals surface area contributed by atoms with Gasteiger partial charge in [-0.1, -0.05) is 30.3 Å².